The van der Waals surface area contributed by atoms with E-state index in [1.54, 1.807) is 0 Å². The number of nitrogens with zero attached hydrogens (tertiary/aromatic N) is 1. The Labute approximate surface area is 122 Å². The number of nitrogens with one attached hydrogen (secondary N) is 1. The molecule has 0 aliphatic carbocycles. The summed E-state index contributed by atoms with van der Waals surface area (Å²) < 4.78 is 10.2. The molecular weight excluding hydrogens is 304 g/mol. The van der Waals surface area contributed by atoms with E-state index in [0.717, 1.165) is 10.8 Å². The molecule has 1 aliphatic rings. The van der Waals surface area contributed by atoms with Gasteiger partial charge in [-0.3, -0.25) is 14.3 Å². The van der Waals surface area contributed by atoms with Gasteiger partial charge in [-0.25, -0.2) is 9.59 Å². The van der Waals surface area contributed by atoms with Gasteiger partial charge in [0.15, 0.2) is 6.23 Å². The van der Waals surface area contributed by atoms with Crippen LogP contribution in [-0.4, -0.2) is 61.1 Å². The summed E-state index contributed by atoms with van der Waals surface area (Å²) in [6.07, 6.45) is -6.03. The van der Waals surface area contributed by atoms with Crippen molar-refractivity contribution in [3.8, 4) is 0 Å². The van der Waals surface area contributed by atoms with Gasteiger partial charge in [-0.1, -0.05) is 0 Å². The molecule has 1 aliphatic heterocycles. The maximum atomic E-state index is 11.8. The van der Waals surface area contributed by atoms with E-state index in [1.165, 1.54) is 0 Å². The first-order valence-corrected chi connectivity index (χ1v) is 6.17. The van der Waals surface area contributed by atoms with Crippen molar-refractivity contribution in [2.75, 3.05) is 6.61 Å². The van der Waals surface area contributed by atoms with Crippen molar-refractivity contribution in [2.24, 2.45) is 0 Å². The number of ether oxygens (including phenoxy) is 2. The normalized spacial score (nSPS) is 27.8. The predicted octanol–water partition coefficient (Wildman–Crippen LogP) is -2.66. The monoisotopic (exact) mass is 318 g/mol. The zero-order valence-electron chi connectivity index (χ0n) is 11.1. The summed E-state index contributed by atoms with van der Waals surface area (Å²) in [5.41, 5.74) is -1.98. The lowest BCUT2D eigenvalue weighted by molar-refractivity contribution is -0.0552. The summed E-state index contributed by atoms with van der Waals surface area (Å²) in [6, 6.07) is 0. The van der Waals surface area contributed by atoms with Gasteiger partial charge in [-0.05, 0) is 0 Å². The van der Waals surface area contributed by atoms with Gasteiger partial charge in [-0.2, -0.15) is 0 Å². The maximum Gasteiger partial charge on any atom is 0.506 e. The molecule has 1 saturated heterocycles. The van der Waals surface area contributed by atoms with E-state index < -0.39 is 55.2 Å². The summed E-state index contributed by atoms with van der Waals surface area (Å²) in [7, 11) is 0. The minimum Gasteiger partial charge on any atom is -0.450 e. The number of H-pyrrole nitrogens is 1. The van der Waals surface area contributed by atoms with E-state index in [0.29, 0.717) is 0 Å². The van der Waals surface area contributed by atoms with Crippen LogP contribution in [0.2, 0.25) is 0 Å². The zero-order chi connectivity index (χ0) is 16.4. The average molecular weight is 318 g/mol. The van der Waals surface area contributed by atoms with Crippen molar-refractivity contribution in [2.45, 2.75) is 31.1 Å². The molecule has 0 unspecified atom stereocenters. The first kappa shape index (κ1) is 16.2. The standard InChI is InChI=1S/C11H14N2O9/c14-2-5-6(15)7(16)9(22-5)13-1-4(3-21-11(19)20)8(17)12-10(13)18/h1,5-7,9,14-16H,2-3H2,(H,19,20)(H,12,17,18)/t5-,6-,7-,9-/m1/s1. The molecule has 11 nitrogen and oxygen atoms in total. The van der Waals surface area contributed by atoms with Gasteiger partial charge in [0.25, 0.3) is 5.56 Å². The lowest BCUT2D eigenvalue weighted by atomic mass is 10.1. The SMILES string of the molecule is O=C(O)OCc1cn([C@@H]2O[C@H](CO)[C@@H](O)[C@H]2O)c(=O)[nH]c1=O. The average Bonchev–Trinajstić information content (AvgIpc) is 2.74. The fourth-order valence-electron chi connectivity index (χ4n) is 2.07. The van der Waals surface area contributed by atoms with E-state index >= 15 is 0 Å². The van der Waals surface area contributed by atoms with Crippen molar-refractivity contribution < 1.29 is 34.7 Å². The fourth-order valence-corrected chi connectivity index (χ4v) is 2.07. The van der Waals surface area contributed by atoms with Crippen LogP contribution >= 0.6 is 0 Å². The quantitative estimate of drug-likeness (QED) is 0.371. The minimum atomic E-state index is -1.61. The van der Waals surface area contributed by atoms with Crippen LogP contribution in [0, 0.1) is 0 Å². The van der Waals surface area contributed by atoms with Crippen molar-refractivity contribution in [3.05, 3.63) is 32.6 Å². The second-order valence-corrected chi connectivity index (χ2v) is 4.60. The summed E-state index contributed by atoms with van der Waals surface area (Å²) in [5.74, 6) is 0. The molecule has 0 saturated carbocycles. The molecule has 4 atom stereocenters. The van der Waals surface area contributed by atoms with Gasteiger partial charge < -0.3 is 29.9 Å². The molecule has 0 spiro atoms. The van der Waals surface area contributed by atoms with Crippen LogP contribution < -0.4 is 11.2 Å². The molecule has 11 heteroatoms. The number of aromatic amines is 1. The Kier molecular flexibility index (Phi) is 4.61. The van der Waals surface area contributed by atoms with Crippen LogP contribution in [0.5, 0.6) is 0 Å². The highest BCUT2D eigenvalue weighted by Crippen LogP contribution is 2.27. The van der Waals surface area contributed by atoms with Gasteiger partial charge in [0.05, 0.1) is 12.2 Å². The zero-order valence-corrected chi connectivity index (χ0v) is 11.1. The summed E-state index contributed by atoms with van der Waals surface area (Å²) >= 11 is 0. The van der Waals surface area contributed by atoms with Gasteiger partial charge in [0.2, 0.25) is 0 Å². The molecule has 1 aromatic heterocycles. The fraction of sp³-hybridized carbons (Fsp3) is 0.545. The van der Waals surface area contributed by atoms with Gasteiger partial charge in [0.1, 0.15) is 24.9 Å². The Hall–Kier alpha value is -2.21. The lowest BCUT2D eigenvalue weighted by Crippen LogP contribution is -2.39. The van der Waals surface area contributed by atoms with Crippen LogP contribution in [0.4, 0.5) is 4.79 Å². The molecule has 1 aromatic rings. The third-order valence-electron chi connectivity index (χ3n) is 3.18. The highest BCUT2D eigenvalue weighted by molar-refractivity contribution is 5.56. The van der Waals surface area contributed by atoms with E-state index in [-0.39, 0.29) is 5.56 Å². The van der Waals surface area contributed by atoms with Gasteiger partial charge >= 0.3 is 11.8 Å². The number of rotatable bonds is 4. The largest absolute Gasteiger partial charge is 0.506 e. The smallest absolute Gasteiger partial charge is 0.450 e. The molecule has 2 heterocycles. The minimum absolute atomic E-state index is 0.195. The molecular formula is C11H14N2O9. The van der Waals surface area contributed by atoms with Crippen LogP contribution in [0.1, 0.15) is 11.8 Å². The molecule has 122 valence electrons. The summed E-state index contributed by atoms with van der Waals surface area (Å²) in [5, 5.41) is 36.9. The van der Waals surface area contributed by atoms with E-state index in [9.17, 15) is 24.6 Å². The highest BCUT2D eigenvalue weighted by Gasteiger charge is 2.43. The molecule has 2 rings (SSSR count). The number of carboxylic acid groups (broad SMARTS) is 1. The Balaban J connectivity index is 2.35. The van der Waals surface area contributed by atoms with Gasteiger partial charge in [-0.15, -0.1) is 0 Å². The van der Waals surface area contributed by atoms with Crippen molar-refractivity contribution in [1.82, 2.24) is 9.55 Å². The van der Waals surface area contributed by atoms with Crippen LogP contribution in [0.3, 0.4) is 0 Å². The molecule has 5 N–H and O–H groups in total. The number of aliphatic hydroxyl groups excluding tert-OH is 3. The second kappa shape index (κ2) is 6.27. The maximum absolute atomic E-state index is 11.8. The number of carbonyl (C=O) groups is 1. The van der Waals surface area contributed by atoms with Crippen molar-refractivity contribution in [1.29, 1.82) is 0 Å². The molecule has 0 amide bonds. The molecule has 1 fully saturated rings. The number of aromatic nitrogens is 2. The Morgan fingerprint density at radius 1 is 1.36 bits per heavy atom. The van der Waals surface area contributed by atoms with Crippen molar-refractivity contribution >= 4 is 6.16 Å². The van der Waals surface area contributed by atoms with E-state index in [4.69, 9.17) is 14.9 Å². The molecule has 0 aromatic carbocycles. The summed E-state index contributed by atoms with van der Waals surface area (Å²) in [6.45, 7) is -1.19. The third kappa shape index (κ3) is 3.01. The number of hydrogen-bond donors (Lipinski definition) is 5. The first-order chi connectivity index (χ1) is 10.3. The van der Waals surface area contributed by atoms with Crippen LogP contribution in [0.25, 0.3) is 0 Å². The molecule has 0 radical (unpaired) electrons. The molecule has 22 heavy (non-hydrogen) atoms. The lowest BCUT2D eigenvalue weighted by Gasteiger charge is -2.17. The van der Waals surface area contributed by atoms with E-state index in [1.807, 2.05) is 4.98 Å². The highest BCUT2D eigenvalue weighted by atomic mass is 16.7. The predicted molar refractivity (Wildman–Crippen MR) is 67.1 cm³/mol. The number of aliphatic hydroxyl groups is 3. The van der Waals surface area contributed by atoms with E-state index in [2.05, 4.69) is 4.74 Å². The number of hydrogen-bond acceptors (Lipinski definition) is 8. The second-order valence-electron chi connectivity index (χ2n) is 4.60. The topological polar surface area (TPSA) is 171 Å². The first-order valence-electron chi connectivity index (χ1n) is 6.17. The molecule has 0 bridgehead atoms. The summed E-state index contributed by atoms with van der Waals surface area (Å²) in [4.78, 5) is 35.6. The Bertz CT molecular complexity index is 666. The Morgan fingerprint density at radius 3 is 2.59 bits per heavy atom. The van der Waals surface area contributed by atoms with Crippen molar-refractivity contribution in [3.63, 3.8) is 0 Å². The van der Waals surface area contributed by atoms with Crippen LogP contribution in [-0.2, 0) is 16.1 Å². The Morgan fingerprint density at radius 2 is 2.05 bits per heavy atom. The third-order valence-corrected chi connectivity index (χ3v) is 3.18. The van der Waals surface area contributed by atoms with Gasteiger partial charge in [0, 0.05) is 6.20 Å². The van der Waals surface area contributed by atoms with Crippen LogP contribution in [0.15, 0.2) is 15.8 Å².